The highest BCUT2D eigenvalue weighted by Gasteiger charge is 2.24. The second-order valence-electron chi connectivity index (χ2n) is 5.19. The Hall–Kier alpha value is -2.16. The molecule has 0 unspecified atom stereocenters. The van der Waals surface area contributed by atoms with Gasteiger partial charge in [-0.15, -0.1) is 0 Å². The van der Waals surface area contributed by atoms with Crippen LogP contribution in [0.25, 0.3) is 0 Å². The summed E-state index contributed by atoms with van der Waals surface area (Å²) in [6, 6.07) is 16.0. The van der Waals surface area contributed by atoms with Crippen molar-refractivity contribution in [3.63, 3.8) is 0 Å². The Labute approximate surface area is 119 Å². The number of nitrogens with zero attached hydrogens (tertiary/aromatic N) is 2. The summed E-state index contributed by atoms with van der Waals surface area (Å²) in [5.74, 6) is 0.626. The minimum absolute atomic E-state index is 0.0529. The van der Waals surface area contributed by atoms with Gasteiger partial charge in [0.05, 0.1) is 0 Å². The van der Waals surface area contributed by atoms with E-state index in [2.05, 4.69) is 29.2 Å². The van der Waals surface area contributed by atoms with E-state index in [1.54, 1.807) is 12.3 Å². The number of pyridine rings is 1. The molecule has 1 amide bonds. The first kappa shape index (κ1) is 12.9. The average molecular weight is 266 g/mol. The van der Waals surface area contributed by atoms with Crippen molar-refractivity contribution in [2.24, 2.45) is 0 Å². The number of carbonyl (C=O) groups is 1. The van der Waals surface area contributed by atoms with Crippen molar-refractivity contribution in [2.45, 2.75) is 18.8 Å². The van der Waals surface area contributed by atoms with Crippen LogP contribution in [-0.2, 0) is 0 Å². The summed E-state index contributed by atoms with van der Waals surface area (Å²) in [6.45, 7) is 1.63. The van der Waals surface area contributed by atoms with Crippen molar-refractivity contribution >= 4 is 5.91 Å². The van der Waals surface area contributed by atoms with Crippen molar-refractivity contribution in [1.82, 2.24) is 9.88 Å². The van der Waals surface area contributed by atoms with Gasteiger partial charge < -0.3 is 4.90 Å². The standard InChI is InChI=1S/C17H18N2O/c20-17(16-8-4-5-11-18-16)19-12-9-15(10-13-19)14-6-2-1-3-7-14/h1-8,11,15H,9-10,12-13H2. The summed E-state index contributed by atoms with van der Waals surface area (Å²) in [7, 11) is 0. The quantitative estimate of drug-likeness (QED) is 0.836. The van der Waals surface area contributed by atoms with E-state index in [0.717, 1.165) is 25.9 Å². The fourth-order valence-electron chi connectivity index (χ4n) is 2.79. The first-order chi connectivity index (χ1) is 9.84. The van der Waals surface area contributed by atoms with Crippen LogP contribution in [0.15, 0.2) is 54.7 Å². The highest BCUT2D eigenvalue weighted by molar-refractivity contribution is 5.92. The highest BCUT2D eigenvalue weighted by atomic mass is 16.2. The summed E-state index contributed by atoms with van der Waals surface area (Å²) in [5, 5.41) is 0. The lowest BCUT2D eigenvalue weighted by molar-refractivity contribution is 0.0707. The molecule has 0 aliphatic carbocycles. The molecule has 20 heavy (non-hydrogen) atoms. The van der Waals surface area contributed by atoms with E-state index in [4.69, 9.17) is 0 Å². The van der Waals surface area contributed by atoms with E-state index in [0.29, 0.717) is 11.6 Å². The monoisotopic (exact) mass is 266 g/mol. The van der Waals surface area contributed by atoms with Gasteiger partial charge in [-0.1, -0.05) is 36.4 Å². The van der Waals surface area contributed by atoms with Gasteiger partial charge >= 0.3 is 0 Å². The molecule has 0 bridgehead atoms. The van der Waals surface area contributed by atoms with Gasteiger partial charge in [0.1, 0.15) is 5.69 Å². The Morgan fingerprint density at radius 2 is 1.70 bits per heavy atom. The maximum atomic E-state index is 12.3. The molecule has 0 radical (unpaired) electrons. The van der Waals surface area contributed by atoms with Crippen LogP contribution in [0.3, 0.4) is 0 Å². The van der Waals surface area contributed by atoms with Crippen LogP contribution in [0, 0.1) is 0 Å². The van der Waals surface area contributed by atoms with Gasteiger partial charge in [-0.25, -0.2) is 0 Å². The molecular formula is C17H18N2O. The number of hydrogen-bond acceptors (Lipinski definition) is 2. The first-order valence-electron chi connectivity index (χ1n) is 7.10. The molecule has 1 saturated heterocycles. The average Bonchev–Trinajstić information content (AvgIpc) is 2.56. The third-order valence-electron chi connectivity index (χ3n) is 3.94. The Balaban J connectivity index is 1.63. The lowest BCUT2D eigenvalue weighted by Crippen LogP contribution is -2.38. The van der Waals surface area contributed by atoms with Gasteiger partial charge in [-0.2, -0.15) is 0 Å². The number of hydrogen-bond donors (Lipinski definition) is 0. The molecular weight excluding hydrogens is 248 g/mol. The number of carbonyl (C=O) groups excluding carboxylic acids is 1. The van der Waals surface area contributed by atoms with Crippen molar-refractivity contribution in [1.29, 1.82) is 0 Å². The van der Waals surface area contributed by atoms with Crippen LogP contribution in [0.1, 0.15) is 34.8 Å². The predicted octanol–water partition coefficient (Wildman–Crippen LogP) is 3.10. The Morgan fingerprint density at radius 3 is 2.35 bits per heavy atom. The van der Waals surface area contributed by atoms with Crippen LogP contribution >= 0.6 is 0 Å². The van der Waals surface area contributed by atoms with E-state index >= 15 is 0 Å². The molecule has 3 heteroatoms. The molecule has 1 aromatic heterocycles. The van der Waals surface area contributed by atoms with Gasteiger partial charge in [0, 0.05) is 19.3 Å². The number of likely N-dealkylation sites (tertiary alicyclic amines) is 1. The molecule has 0 spiro atoms. The zero-order valence-electron chi connectivity index (χ0n) is 11.4. The number of amides is 1. The van der Waals surface area contributed by atoms with E-state index in [1.807, 2.05) is 23.1 Å². The second kappa shape index (κ2) is 5.87. The molecule has 102 valence electrons. The highest BCUT2D eigenvalue weighted by Crippen LogP contribution is 2.28. The topological polar surface area (TPSA) is 33.2 Å². The Bertz CT molecular complexity index is 560. The number of aromatic nitrogens is 1. The maximum Gasteiger partial charge on any atom is 0.272 e. The molecule has 1 aromatic carbocycles. The summed E-state index contributed by atoms with van der Waals surface area (Å²) >= 11 is 0. The van der Waals surface area contributed by atoms with Crippen LogP contribution in [0.5, 0.6) is 0 Å². The van der Waals surface area contributed by atoms with Crippen LogP contribution < -0.4 is 0 Å². The molecule has 0 saturated carbocycles. The largest absolute Gasteiger partial charge is 0.337 e. The fraction of sp³-hybridized carbons (Fsp3) is 0.294. The third kappa shape index (κ3) is 2.72. The molecule has 1 aliphatic rings. The fourth-order valence-corrected chi connectivity index (χ4v) is 2.79. The molecule has 3 rings (SSSR count). The van der Waals surface area contributed by atoms with Crippen LogP contribution in [0.4, 0.5) is 0 Å². The van der Waals surface area contributed by atoms with E-state index in [1.165, 1.54) is 5.56 Å². The number of rotatable bonds is 2. The van der Waals surface area contributed by atoms with Crippen LogP contribution in [-0.4, -0.2) is 28.9 Å². The van der Waals surface area contributed by atoms with Crippen molar-refractivity contribution in [3.8, 4) is 0 Å². The SMILES string of the molecule is O=C(c1ccccn1)N1CCC(c2ccccc2)CC1. The minimum atomic E-state index is 0.0529. The van der Waals surface area contributed by atoms with Gasteiger partial charge in [0.25, 0.3) is 5.91 Å². The molecule has 1 aliphatic heterocycles. The normalized spacial score (nSPS) is 16.1. The number of piperidine rings is 1. The molecule has 0 atom stereocenters. The van der Waals surface area contributed by atoms with Crippen LogP contribution in [0.2, 0.25) is 0 Å². The summed E-state index contributed by atoms with van der Waals surface area (Å²) in [6.07, 6.45) is 3.73. The number of benzene rings is 1. The second-order valence-corrected chi connectivity index (χ2v) is 5.19. The minimum Gasteiger partial charge on any atom is -0.337 e. The van der Waals surface area contributed by atoms with Gasteiger partial charge in [-0.3, -0.25) is 9.78 Å². The zero-order chi connectivity index (χ0) is 13.8. The van der Waals surface area contributed by atoms with Gasteiger partial charge in [-0.05, 0) is 36.5 Å². The summed E-state index contributed by atoms with van der Waals surface area (Å²) in [5.41, 5.74) is 1.93. The molecule has 1 fully saturated rings. The van der Waals surface area contributed by atoms with E-state index < -0.39 is 0 Å². The lowest BCUT2D eigenvalue weighted by Gasteiger charge is -2.32. The van der Waals surface area contributed by atoms with Crippen molar-refractivity contribution < 1.29 is 4.79 Å². The Kier molecular flexibility index (Phi) is 3.77. The van der Waals surface area contributed by atoms with Gasteiger partial charge in [0.2, 0.25) is 0 Å². The molecule has 3 nitrogen and oxygen atoms in total. The first-order valence-corrected chi connectivity index (χ1v) is 7.10. The van der Waals surface area contributed by atoms with Crippen molar-refractivity contribution in [3.05, 3.63) is 66.0 Å². The third-order valence-corrected chi connectivity index (χ3v) is 3.94. The maximum absolute atomic E-state index is 12.3. The summed E-state index contributed by atoms with van der Waals surface area (Å²) < 4.78 is 0. The van der Waals surface area contributed by atoms with E-state index in [-0.39, 0.29) is 5.91 Å². The molecule has 2 aromatic rings. The summed E-state index contributed by atoms with van der Waals surface area (Å²) in [4.78, 5) is 18.4. The predicted molar refractivity (Wildman–Crippen MR) is 78.6 cm³/mol. The van der Waals surface area contributed by atoms with Gasteiger partial charge in [0.15, 0.2) is 0 Å². The molecule has 2 heterocycles. The van der Waals surface area contributed by atoms with E-state index in [9.17, 15) is 4.79 Å². The smallest absolute Gasteiger partial charge is 0.272 e. The molecule has 0 N–H and O–H groups in total. The lowest BCUT2D eigenvalue weighted by atomic mass is 9.89. The van der Waals surface area contributed by atoms with Crippen molar-refractivity contribution in [2.75, 3.05) is 13.1 Å². The zero-order valence-corrected chi connectivity index (χ0v) is 11.4. The Morgan fingerprint density at radius 1 is 1.00 bits per heavy atom.